The van der Waals surface area contributed by atoms with E-state index in [0.29, 0.717) is 37.2 Å². The quantitative estimate of drug-likeness (QED) is 0.492. The smallest absolute Gasteiger partial charge is 0.254 e. The van der Waals surface area contributed by atoms with Crippen LogP contribution in [0, 0.1) is 0 Å². The van der Waals surface area contributed by atoms with Crippen molar-refractivity contribution in [1.29, 1.82) is 0 Å². The van der Waals surface area contributed by atoms with Crippen LogP contribution in [0.25, 0.3) is 0 Å². The third-order valence-corrected chi connectivity index (χ3v) is 7.56. The van der Waals surface area contributed by atoms with Crippen LogP contribution < -0.4 is 5.32 Å². The Hall–Kier alpha value is -3.00. The van der Waals surface area contributed by atoms with Gasteiger partial charge in [0.15, 0.2) is 0 Å². The molecular weight excluding hydrogens is 518 g/mol. The average Bonchev–Trinajstić information content (AvgIpc) is 2.91. The maximum atomic E-state index is 12.9. The molecule has 0 aliphatic carbocycles. The van der Waals surface area contributed by atoms with E-state index in [1.54, 1.807) is 6.07 Å². The van der Waals surface area contributed by atoms with Crippen LogP contribution in [-0.4, -0.2) is 59.0 Å². The fraction of sp³-hybridized carbons (Fsp3) is 0.310. The zero-order valence-electron chi connectivity index (χ0n) is 20.1. The van der Waals surface area contributed by atoms with E-state index in [1.165, 1.54) is 11.1 Å². The van der Waals surface area contributed by atoms with Gasteiger partial charge in [-0.3, -0.25) is 14.5 Å². The maximum absolute atomic E-state index is 12.9. The predicted molar refractivity (Wildman–Crippen MR) is 143 cm³/mol. The number of hydrogen-bond acceptors (Lipinski definition) is 4. The lowest BCUT2D eigenvalue weighted by Gasteiger charge is -2.30. The number of aliphatic hydroxyl groups excluding tert-OH is 1. The summed E-state index contributed by atoms with van der Waals surface area (Å²) in [5.74, 6) is -0.171. The van der Waals surface area contributed by atoms with Crippen LogP contribution in [0.4, 0.5) is 0 Å². The van der Waals surface area contributed by atoms with E-state index in [-0.39, 0.29) is 18.4 Å². The molecule has 0 spiro atoms. The molecule has 5 rings (SSSR count). The number of amides is 2. The summed E-state index contributed by atoms with van der Waals surface area (Å²) in [5.41, 5.74) is 6.10. The van der Waals surface area contributed by atoms with Crippen LogP contribution in [0.1, 0.15) is 43.0 Å². The van der Waals surface area contributed by atoms with Gasteiger partial charge < -0.3 is 15.3 Å². The zero-order chi connectivity index (χ0) is 25.1. The highest BCUT2D eigenvalue weighted by Gasteiger charge is 2.23. The first kappa shape index (κ1) is 24.7. The largest absolute Gasteiger partial charge is 0.390 e. The number of benzene rings is 3. The van der Waals surface area contributed by atoms with Crippen LogP contribution in [0.2, 0.25) is 0 Å². The van der Waals surface area contributed by atoms with E-state index in [9.17, 15) is 14.7 Å². The lowest BCUT2D eigenvalue weighted by molar-refractivity contribution is 0.0734. The van der Waals surface area contributed by atoms with Gasteiger partial charge in [-0.15, -0.1) is 0 Å². The third-order valence-electron chi connectivity index (χ3n) is 7.04. The van der Waals surface area contributed by atoms with Gasteiger partial charge in [-0.05, 0) is 71.5 Å². The zero-order valence-corrected chi connectivity index (χ0v) is 21.7. The molecule has 1 atom stereocenters. The number of aliphatic hydroxyl groups is 1. The monoisotopic (exact) mass is 547 g/mol. The molecule has 2 amide bonds. The second-order valence-electron chi connectivity index (χ2n) is 9.58. The predicted octanol–water partition coefficient (Wildman–Crippen LogP) is 3.80. The molecule has 6 nitrogen and oxygen atoms in total. The average molecular weight is 548 g/mol. The molecule has 2 N–H and O–H groups in total. The second-order valence-corrected chi connectivity index (χ2v) is 10.5. The Bertz CT molecular complexity index is 1260. The number of fused-ring (bicyclic) bond motifs is 2. The lowest BCUT2D eigenvalue weighted by Crippen LogP contribution is -2.42. The molecular formula is C29H30BrN3O3. The van der Waals surface area contributed by atoms with Crippen molar-refractivity contribution in [2.75, 3.05) is 26.2 Å². The molecule has 3 aromatic carbocycles. The van der Waals surface area contributed by atoms with E-state index < -0.39 is 6.10 Å². The summed E-state index contributed by atoms with van der Waals surface area (Å²) in [6, 6.07) is 21.5. The molecule has 0 fully saturated rings. The maximum Gasteiger partial charge on any atom is 0.254 e. The molecule has 36 heavy (non-hydrogen) atoms. The fourth-order valence-electron chi connectivity index (χ4n) is 5.03. The fourth-order valence-corrected chi connectivity index (χ4v) is 5.29. The first-order valence-electron chi connectivity index (χ1n) is 12.4. The highest BCUT2D eigenvalue weighted by atomic mass is 79.9. The van der Waals surface area contributed by atoms with Gasteiger partial charge in [-0.25, -0.2) is 0 Å². The van der Waals surface area contributed by atoms with Gasteiger partial charge in [0.2, 0.25) is 0 Å². The Morgan fingerprint density at radius 3 is 2.36 bits per heavy atom. The molecule has 3 aromatic rings. The van der Waals surface area contributed by atoms with Crippen LogP contribution in [0.5, 0.6) is 0 Å². The van der Waals surface area contributed by atoms with Crippen molar-refractivity contribution in [3.63, 3.8) is 0 Å². The Kier molecular flexibility index (Phi) is 7.51. The van der Waals surface area contributed by atoms with E-state index in [0.717, 1.165) is 35.1 Å². The van der Waals surface area contributed by atoms with Gasteiger partial charge in [0.1, 0.15) is 0 Å². The van der Waals surface area contributed by atoms with Crippen LogP contribution >= 0.6 is 15.9 Å². The molecule has 0 radical (unpaired) electrons. The van der Waals surface area contributed by atoms with Gasteiger partial charge in [0.05, 0.1) is 6.10 Å². The van der Waals surface area contributed by atoms with Crippen molar-refractivity contribution in [3.05, 3.63) is 105 Å². The topological polar surface area (TPSA) is 72.9 Å². The number of carbonyl (C=O) groups is 2. The minimum atomic E-state index is -0.630. The van der Waals surface area contributed by atoms with Crippen LogP contribution in [0.3, 0.4) is 0 Å². The molecule has 0 aromatic heterocycles. The van der Waals surface area contributed by atoms with Crippen molar-refractivity contribution in [3.8, 4) is 0 Å². The molecule has 7 heteroatoms. The van der Waals surface area contributed by atoms with Crippen molar-refractivity contribution < 1.29 is 14.7 Å². The first-order chi connectivity index (χ1) is 17.5. The molecule has 2 heterocycles. The van der Waals surface area contributed by atoms with E-state index >= 15 is 0 Å². The molecule has 0 unspecified atom stereocenters. The van der Waals surface area contributed by atoms with E-state index in [2.05, 4.69) is 50.4 Å². The Morgan fingerprint density at radius 1 is 0.861 bits per heavy atom. The number of rotatable bonds is 6. The van der Waals surface area contributed by atoms with Gasteiger partial charge >= 0.3 is 0 Å². The van der Waals surface area contributed by atoms with Crippen molar-refractivity contribution in [2.24, 2.45) is 0 Å². The third kappa shape index (κ3) is 5.69. The van der Waals surface area contributed by atoms with Crippen LogP contribution in [0.15, 0.2) is 71.2 Å². The Labute approximate surface area is 220 Å². The number of nitrogens with zero attached hydrogens (tertiary/aromatic N) is 2. The number of halogens is 1. The summed E-state index contributed by atoms with van der Waals surface area (Å²) in [6.07, 6.45) is 1.06. The lowest BCUT2D eigenvalue weighted by atomic mass is 9.96. The van der Waals surface area contributed by atoms with Crippen LogP contribution in [-0.2, 0) is 25.9 Å². The molecule has 0 bridgehead atoms. The molecule has 0 saturated carbocycles. The summed E-state index contributed by atoms with van der Waals surface area (Å²) < 4.78 is 0.943. The van der Waals surface area contributed by atoms with Gasteiger partial charge in [0, 0.05) is 54.9 Å². The highest BCUT2D eigenvalue weighted by Crippen LogP contribution is 2.23. The van der Waals surface area contributed by atoms with Gasteiger partial charge in [0.25, 0.3) is 11.8 Å². The van der Waals surface area contributed by atoms with Gasteiger partial charge in [-0.1, -0.05) is 46.3 Å². The van der Waals surface area contributed by atoms with E-state index in [4.69, 9.17) is 0 Å². The summed E-state index contributed by atoms with van der Waals surface area (Å²) >= 11 is 3.40. The number of nitrogens with one attached hydrogen (secondary N) is 1. The molecule has 186 valence electrons. The number of β-amino-alcohol motifs (C(OH)–C–C–N with tert-alkyl or cyclic N) is 1. The SMILES string of the molecule is O=C(NC[C@@H](O)CN1CCc2ccccc2C1)c1ccc2c(c1)CCN(C(=O)c1ccc(Br)cc1)C2. The standard InChI is InChI=1S/C29H30BrN3O3/c30-26-9-7-21(8-10-26)29(36)33-14-12-22-15-23(5-6-25(22)18-33)28(35)31-16-27(34)19-32-13-11-20-3-1-2-4-24(20)17-32/h1-10,15,27,34H,11-14,16-19H2,(H,31,35)/t27-/m1/s1. The minimum absolute atomic E-state index is 0.0150. The Balaban J connectivity index is 1.13. The Morgan fingerprint density at radius 2 is 1.56 bits per heavy atom. The summed E-state index contributed by atoms with van der Waals surface area (Å²) in [6.45, 7) is 3.63. The molecule has 0 saturated heterocycles. The van der Waals surface area contributed by atoms with Crippen molar-refractivity contribution in [1.82, 2.24) is 15.1 Å². The highest BCUT2D eigenvalue weighted by molar-refractivity contribution is 9.10. The summed E-state index contributed by atoms with van der Waals surface area (Å²) in [7, 11) is 0. The number of hydrogen-bond donors (Lipinski definition) is 2. The van der Waals surface area contributed by atoms with Gasteiger partial charge in [-0.2, -0.15) is 0 Å². The first-order valence-corrected chi connectivity index (χ1v) is 13.2. The van der Waals surface area contributed by atoms with Crippen molar-refractivity contribution in [2.45, 2.75) is 32.0 Å². The molecule has 2 aliphatic rings. The minimum Gasteiger partial charge on any atom is -0.390 e. The summed E-state index contributed by atoms with van der Waals surface area (Å²) in [5, 5.41) is 13.4. The van der Waals surface area contributed by atoms with Crippen molar-refractivity contribution >= 4 is 27.7 Å². The molecule has 2 aliphatic heterocycles. The second kappa shape index (κ2) is 10.9. The number of carbonyl (C=O) groups excluding carboxylic acids is 2. The normalized spacial score (nSPS) is 16.1. The van der Waals surface area contributed by atoms with E-state index in [1.807, 2.05) is 41.3 Å². The summed E-state index contributed by atoms with van der Waals surface area (Å²) in [4.78, 5) is 29.7.